The van der Waals surface area contributed by atoms with Crippen LogP contribution in [-0.2, 0) is 0 Å². The number of pyridine rings is 1. The van der Waals surface area contributed by atoms with Gasteiger partial charge in [-0.2, -0.15) is 0 Å². The molecule has 1 heterocycles. The second-order valence-corrected chi connectivity index (χ2v) is 4.22. The van der Waals surface area contributed by atoms with E-state index < -0.39 is 0 Å². The van der Waals surface area contributed by atoms with Gasteiger partial charge in [0.2, 0.25) is 0 Å². The monoisotopic (exact) mass is 237 g/mol. The van der Waals surface area contributed by atoms with Crippen molar-refractivity contribution in [1.29, 1.82) is 0 Å². The lowest BCUT2D eigenvalue weighted by Gasteiger charge is -2.05. The van der Waals surface area contributed by atoms with E-state index in [4.69, 9.17) is 18.0 Å². The van der Waals surface area contributed by atoms with Crippen LogP contribution in [0, 0.1) is 0 Å². The topological polar surface area (TPSA) is 50.9 Å². The zero-order valence-corrected chi connectivity index (χ0v) is 10.5. The summed E-state index contributed by atoms with van der Waals surface area (Å²) >= 11 is 4.86. The first-order chi connectivity index (χ1) is 7.74. The van der Waals surface area contributed by atoms with Gasteiger partial charge in [0.05, 0.1) is 0 Å². The van der Waals surface area contributed by atoms with E-state index in [1.54, 1.807) is 6.20 Å². The number of hydrogen-bond acceptors (Lipinski definition) is 3. The molecule has 0 bridgehead atoms. The molecule has 0 spiro atoms. The number of unbranched alkanes of at least 4 members (excludes halogenated alkanes) is 3. The maximum atomic E-state index is 5.49. The van der Waals surface area contributed by atoms with Crippen LogP contribution < -0.4 is 11.1 Å². The fraction of sp³-hybridized carbons (Fsp3) is 0.500. The number of hydrogen-bond donors (Lipinski definition) is 2. The molecule has 1 aromatic heterocycles. The summed E-state index contributed by atoms with van der Waals surface area (Å²) in [6, 6.07) is 3.80. The van der Waals surface area contributed by atoms with Gasteiger partial charge in [0.15, 0.2) is 0 Å². The van der Waals surface area contributed by atoms with Crippen LogP contribution in [0.5, 0.6) is 0 Å². The average molecular weight is 237 g/mol. The molecule has 0 atom stereocenters. The normalized spacial score (nSPS) is 10.1. The Morgan fingerprint density at radius 1 is 1.38 bits per heavy atom. The Morgan fingerprint density at radius 3 is 2.75 bits per heavy atom. The first kappa shape index (κ1) is 12.9. The third-order valence-electron chi connectivity index (χ3n) is 2.38. The second-order valence-electron chi connectivity index (χ2n) is 3.78. The third kappa shape index (κ3) is 4.57. The minimum Gasteiger partial charge on any atom is -0.389 e. The molecule has 0 aliphatic carbocycles. The van der Waals surface area contributed by atoms with Crippen molar-refractivity contribution in [1.82, 2.24) is 4.98 Å². The standard InChI is InChI=1S/C12H19N3S/c1-2-3-4-5-8-14-11-7-6-10(9-15-11)12(13)16/h6-7,9H,2-5,8H2,1H3,(H2,13,16)(H,14,15). The molecule has 16 heavy (non-hydrogen) atoms. The van der Waals surface area contributed by atoms with Crippen molar-refractivity contribution in [3.8, 4) is 0 Å². The summed E-state index contributed by atoms with van der Waals surface area (Å²) in [5, 5.41) is 3.27. The van der Waals surface area contributed by atoms with E-state index in [1.807, 2.05) is 12.1 Å². The van der Waals surface area contributed by atoms with Crippen LogP contribution in [-0.4, -0.2) is 16.5 Å². The highest BCUT2D eigenvalue weighted by atomic mass is 32.1. The Balaban J connectivity index is 2.29. The van der Waals surface area contributed by atoms with E-state index in [0.717, 1.165) is 17.9 Å². The molecule has 0 aliphatic rings. The summed E-state index contributed by atoms with van der Waals surface area (Å²) in [6.07, 6.45) is 6.73. The van der Waals surface area contributed by atoms with E-state index in [1.165, 1.54) is 25.7 Å². The summed E-state index contributed by atoms with van der Waals surface area (Å²) in [5.74, 6) is 0.886. The molecule has 88 valence electrons. The van der Waals surface area contributed by atoms with E-state index in [2.05, 4.69) is 17.2 Å². The molecule has 0 fully saturated rings. The zero-order chi connectivity index (χ0) is 11.8. The SMILES string of the molecule is CCCCCCNc1ccc(C(N)=S)cn1. The third-order valence-corrected chi connectivity index (χ3v) is 2.62. The average Bonchev–Trinajstić information content (AvgIpc) is 2.29. The van der Waals surface area contributed by atoms with Crippen molar-refractivity contribution in [3.63, 3.8) is 0 Å². The largest absolute Gasteiger partial charge is 0.389 e. The van der Waals surface area contributed by atoms with Gasteiger partial charge in [0.1, 0.15) is 10.8 Å². The Labute approximate surface area is 102 Å². The predicted molar refractivity (Wildman–Crippen MR) is 72.8 cm³/mol. The molecule has 3 N–H and O–H groups in total. The second kappa shape index (κ2) is 7.17. The molecule has 3 nitrogen and oxygen atoms in total. The van der Waals surface area contributed by atoms with Gasteiger partial charge >= 0.3 is 0 Å². The molecule has 0 aromatic carbocycles. The van der Waals surface area contributed by atoms with E-state index >= 15 is 0 Å². The smallest absolute Gasteiger partial charge is 0.125 e. The van der Waals surface area contributed by atoms with Gasteiger partial charge in [-0.25, -0.2) is 4.98 Å². The van der Waals surface area contributed by atoms with Gasteiger partial charge in [0.25, 0.3) is 0 Å². The van der Waals surface area contributed by atoms with Crippen LogP contribution in [0.3, 0.4) is 0 Å². The quantitative estimate of drug-likeness (QED) is 0.565. The van der Waals surface area contributed by atoms with Crippen molar-refractivity contribution in [3.05, 3.63) is 23.9 Å². The summed E-state index contributed by atoms with van der Waals surface area (Å²) in [4.78, 5) is 4.63. The van der Waals surface area contributed by atoms with Crippen LogP contribution in [0.25, 0.3) is 0 Å². The maximum absolute atomic E-state index is 5.49. The number of thiocarbonyl (C=S) groups is 1. The van der Waals surface area contributed by atoms with Gasteiger partial charge in [-0.1, -0.05) is 38.4 Å². The molecular weight excluding hydrogens is 218 g/mol. The van der Waals surface area contributed by atoms with Crippen molar-refractivity contribution in [2.45, 2.75) is 32.6 Å². The summed E-state index contributed by atoms with van der Waals surface area (Å²) in [6.45, 7) is 3.18. The fourth-order valence-corrected chi connectivity index (χ4v) is 1.53. The van der Waals surface area contributed by atoms with Crippen molar-refractivity contribution < 1.29 is 0 Å². The van der Waals surface area contributed by atoms with Gasteiger partial charge in [-0.3, -0.25) is 0 Å². The minimum atomic E-state index is 0.391. The number of nitrogens with zero attached hydrogens (tertiary/aromatic N) is 1. The number of nitrogens with one attached hydrogen (secondary N) is 1. The Kier molecular flexibility index (Phi) is 5.78. The molecule has 0 saturated carbocycles. The lowest BCUT2D eigenvalue weighted by molar-refractivity contribution is 0.684. The fourth-order valence-electron chi connectivity index (χ4n) is 1.41. The van der Waals surface area contributed by atoms with Crippen LogP contribution in [0.15, 0.2) is 18.3 Å². The lowest BCUT2D eigenvalue weighted by atomic mass is 10.2. The minimum absolute atomic E-state index is 0.391. The van der Waals surface area contributed by atoms with E-state index in [0.29, 0.717) is 4.99 Å². The van der Waals surface area contributed by atoms with Gasteiger partial charge < -0.3 is 11.1 Å². The Morgan fingerprint density at radius 2 is 2.19 bits per heavy atom. The van der Waals surface area contributed by atoms with Crippen LogP contribution in [0.1, 0.15) is 38.2 Å². The van der Waals surface area contributed by atoms with E-state index in [9.17, 15) is 0 Å². The summed E-state index contributed by atoms with van der Waals surface area (Å²) in [7, 11) is 0. The highest BCUT2D eigenvalue weighted by molar-refractivity contribution is 7.80. The number of anilines is 1. The van der Waals surface area contributed by atoms with Gasteiger partial charge in [-0.05, 0) is 18.6 Å². The molecule has 0 aliphatic heterocycles. The zero-order valence-electron chi connectivity index (χ0n) is 9.70. The Bertz CT molecular complexity index is 322. The highest BCUT2D eigenvalue weighted by Crippen LogP contribution is 2.06. The maximum Gasteiger partial charge on any atom is 0.125 e. The van der Waals surface area contributed by atoms with Crippen LogP contribution in [0.2, 0.25) is 0 Å². The molecule has 0 saturated heterocycles. The summed E-state index contributed by atoms with van der Waals surface area (Å²) in [5.41, 5.74) is 6.30. The van der Waals surface area contributed by atoms with Crippen molar-refractivity contribution >= 4 is 23.0 Å². The molecule has 0 radical (unpaired) electrons. The highest BCUT2D eigenvalue weighted by Gasteiger charge is 1.97. The number of aromatic nitrogens is 1. The predicted octanol–water partition coefficient (Wildman–Crippen LogP) is 2.71. The van der Waals surface area contributed by atoms with Gasteiger partial charge in [-0.15, -0.1) is 0 Å². The molecule has 1 aromatic rings. The molecule has 4 heteroatoms. The Hall–Kier alpha value is -1.16. The van der Waals surface area contributed by atoms with Gasteiger partial charge in [0, 0.05) is 18.3 Å². The van der Waals surface area contributed by atoms with Crippen molar-refractivity contribution in [2.75, 3.05) is 11.9 Å². The molecule has 1 rings (SSSR count). The lowest BCUT2D eigenvalue weighted by Crippen LogP contribution is -2.10. The summed E-state index contributed by atoms with van der Waals surface area (Å²) < 4.78 is 0. The number of rotatable bonds is 7. The van der Waals surface area contributed by atoms with Crippen molar-refractivity contribution in [2.24, 2.45) is 5.73 Å². The van der Waals surface area contributed by atoms with Crippen LogP contribution in [0.4, 0.5) is 5.82 Å². The first-order valence-corrected chi connectivity index (χ1v) is 6.14. The number of nitrogens with two attached hydrogens (primary N) is 1. The molecular formula is C12H19N3S. The first-order valence-electron chi connectivity index (χ1n) is 5.73. The van der Waals surface area contributed by atoms with E-state index in [-0.39, 0.29) is 0 Å². The molecule has 0 unspecified atom stereocenters. The molecule has 0 amide bonds. The van der Waals surface area contributed by atoms with Crippen LogP contribution >= 0.6 is 12.2 Å².